The minimum Gasteiger partial charge on any atom is -0.480 e. The van der Waals surface area contributed by atoms with Gasteiger partial charge in [-0.3, -0.25) is 0 Å². The number of nitrogens with one attached hydrogen (secondary N) is 2. The van der Waals surface area contributed by atoms with Crippen molar-refractivity contribution in [1.29, 1.82) is 0 Å². The molecule has 0 aromatic carbocycles. The molecule has 0 amide bonds. The molecule has 1 aliphatic rings. The van der Waals surface area contributed by atoms with Gasteiger partial charge in [-0.1, -0.05) is 0 Å². The molecule has 4 heterocycles. The third-order valence-electron chi connectivity index (χ3n) is 5.79. The first-order valence-corrected chi connectivity index (χ1v) is 10.0. The van der Waals surface area contributed by atoms with Gasteiger partial charge in [0.1, 0.15) is 5.65 Å². The van der Waals surface area contributed by atoms with Crippen LogP contribution in [-0.4, -0.2) is 50.7 Å². The summed E-state index contributed by atoms with van der Waals surface area (Å²) < 4.78 is 27.1. The van der Waals surface area contributed by atoms with Crippen molar-refractivity contribution in [3.05, 3.63) is 36.7 Å². The van der Waals surface area contributed by atoms with Crippen LogP contribution in [0.25, 0.3) is 27.8 Å². The molecule has 0 radical (unpaired) electrons. The Labute approximate surface area is 172 Å². The van der Waals surface area contributed by atoms with Gasteiger partial charge in [0.05, 0.1) is 18.6 Å². The van der Waals surface area contributed by atoms with E-state index in [0.29, 0.717) is 40.6 Å². The molecule has 0 saturated heterocycles. The first-order valence-electron chi connectivity index (χ1n) is 10.0. The summed E-state index contributed by atoms with van der Waals surface area (Å²) in [5.74, 6) is 0.567. The van der Waals surface area contributed by atoms with E-state index in [1.807, 2.05) is 6.20 Å². The molecule has 0 aliphatic heterocycles. The normalized spacial score (nSPS) is 19.4. The zero-order valence-electron chi connectivity index (χ0n) is 16.9. The molecule has 0 unspecified atom stereocenters. The van der Waals surface area contributed by atoms with Crippen molar-refractivity contribution in [3.8, 4) is 17.0 Å². The van der Waals surface area contributed by atoms with Crippen molar-refractivity contribution in [2.24, 2.45) is 0 Å². The van der Waals surface area contributed by atoms with Gasteiger partial charge in [0.15, 0.2) is 11.5 Å². The summed E-state index contributed by atoms with van der Waals surface area (Å²) in [5, 5.41) is 4.13. The molecule has 156 valence electrons. The molecule has 1 saturated carbocycles. The number of methoxy groups -OCH3 is 2. The molecule has 1 fully saturated rings. The highest BCUT2D eigenvalue weighted by atomic mass is 19.1. The van der Waals surface area contributed by atoms with Crippen molar-refractivity contribution < 1.29 is 13.9 Å². The summed E-state index contributed by atoms with van der Waals surface area (Å²) in [6, 6.07) is 1.76. The second-order valence-corrected chi connectivity index (χ2v) is 7.57. The average Bonchev–Trinajstić information content (AvgIpc) is 3.41. The maximum Gasteiger partial charge on any atom is 0.228 e. The second-order valence-electron chi connectivity index (χ2n) is 7.57. The van der Waals surface area contributed by atoms with E-state index in [-0.39, 0.29) is 5.65 Å². The van der Waals surface area contributed by atoms with Crippen LogP contribution in [0, 0.1) is 5.82 Å². The lowest BCUT2D eigenvalue weighted by molar-refractivity contribution is 0.0681. The van der Waals surface area contributed by atoms with Crippen LogP contribution in [0.3, 0.4) is 0 Å². The number of halogens is 1. The Morgan fingerprint density at radius 3 is 2.80 bits per heavy atom. The zero-order valence-corrected chi connectivity index (χ0v) is 16.9. The minimum absolute atomic E-state index is 0.288. The largest absolute Gasteiger partial charge is 0.480 e. The summed E-state index contributed by atoms with van der Waals surface area (Å²) in [4.78, 5) is 16.4. The van der Waals surface area contributed by atoms with Crippen molar-refractivity contribution in [2.45, 2.75) is 37.8 Å². The lowest BCUT2D eigenvalue weighted by Crippen LogP contribution is -2.29. The van der Waals surface area contributed by atoms with Gasteiger partial charge in [0.25, 0.3) is 0 Å². The second kappa shape index (κ2) is 7.56. The van der Waals surface area contributed by atoms with Gasteiger partial charge in [-0.25, -0.2) is 9.37 Å². The Morgan fingerprint density at radius 2 is 2.03 bits per heavy atom. The first kappa shape index (κ1) is 18.8. The number of imidazole rings is 1. The van der Waals surface area contributed by atoms with E-state index in [4.69, 9.17) is 9.47 Å². The lowest BCUT2D eigenvalue weighted by atomic mass is 9.93. The zero-order chi connectivity index (χ0) is 20.7. The summed E-state index contributed by atoms with van der Waals surface area (Å²) in [7, 11) is 3.34. The predicted octanol–water partition coefficient (Wildman–Crippen LogP) is 3.79. The van der Waals surface area contributed by atoms with Crippen LogP contribution in [0.4, 0.5) is 10.3 Å². The number of H-pyrrole nitrogens is 1. The molecule has 0 bridgehead atoms. The molecule has 1 aliphatic carbocycles. The van der Waals surface area contributed by atoms with Gasteiger partial charge in [-0.15, -0.1) is 0 Å². The SMILES string of the molecule is COc1nc(NC2CCC(OC)CC2)nc2[nH]cc(-c3cc(F)c4nccn4c3)c12. The summed E-state index contributed by atoms with van der Waals surface area (Å²) >= 11 is 0. The van der Waals surface area contributed by atoms with E-state index in [0.717, 1.165) is 31.2 Å². The van der Waals surface area contributed by atoms with Crippen molar-refractivity contribution in [1.82, 2.24) is 24.3 Å². The monoisotopic (exact) mass is 410 g/mol. The number of aromatic nitrogens is 5. The fourth-order valence-corrected chi connectivity index (χ4v) is 4.20. The van der Waals surface area contributed by atoms with E-state index in [1.54, 1.807) is 37.2 Å². The van der Waals surface area contributed by atoms with E-state index >= 15 is 0 Å². The third kappa shape index (κ3) is 3.24. The van der Waals surface area contributed by atoms with Crippen molar-refractivity contribution in [2.75, 3.05) is 19.5 Å². The van der Waals surface area contributed by atoms with Gasteiger partial charge in [-0.2, -0.15) is 9.97 Å². The van der Waals surface area contributed by atoms with Crippen molar-refractivity contribution >= 4 is 22.6 Å². The molecule has 0 spiro atoms. The van der Waals surface area contributed by atoms with Gasteiger partial charge in [0.2, 0.25) is 11.8 Å². The van der Waals surface area contributed by atoms with Crippen LogP contribution in [0.2, 0.25) is 0 Å². The number of anilines is 1. The molecular weight excluding hydrogens is 387 g/mol. The quantitative estimate of drug-likeness (QED) is 0.520. The van der Waals surface area contributed by atoms with Gasteiger partial charge < -0.3 is 24.2 Å². The first-order chi connectivity index (χ1) is 14.7. The summed E-state index contributed by atoms with van der Waals surface area (Å²) in [6.45, 7) is 0. The standard InChI is InChI=1S/C21H23FN6O2/c1-29-14-5-3-13(4-6-14)25-21-26-18-17(20(27-21)30-2)15(10-24-18)12-9-16(22)19-23-7-8-28(19)11-12/h7-11,13-14H,3-6H2,1-2H3,(H2,24,25,26,27). The van der Waals surface area contributed by atoms with Crippen LogP contribution >= 0.6 is 0 Å². The highest BCUT2D eigenvalue weighted by Gasteiger charge is 2.23. The topological polar surface area (TPSA) is 89.4 Å². The van der Waals surface area contributed by atoms with Crippen LogP contribution in [0.15, 0.2) is 30.9 Å². The van der Waals surface area contributed by atoms with E-state index in [9.17, 15) is 4.39 Å². The highest BCUT2D eigenvalue weighted by molar-refractivity contribution is 5.97. The number of hydrogen-bond acceptors (Lipinski definition) is 6. The average molecular weight is 410 g/mol. The Kier molecular flexibility index (Phi) is 4.74. The fourth-order valence-electron chi connectivity index (χ4n) is 4.20. The molecule has 0 atom stereocenters. The molecule has 8 nitrogen and oxygen atoms in total. The van der Waals surface area contributed by atoms with Gasteiger partial charge in [0, 0.05) is 49.1 Å². The number of nitrogens with zero attached hydrogens (tertiary/aromatic N) is 4. The van der Waals surface area contributed by atoms with Gasteiger partial charge >= 0.3 is 0 Å². The Balaban J connectivity index is 1.50. The highest BCUT2D eigenvalue weighted by Crippen LogP contribution is 2.35. The molecule has 5 rings (SSSR count). The number of fused-ring (bicyclic) bond motifs is 2. The number of ether oxygens (including phenoxy) is 2. The fraction of sp³-hybridized carbons (Fsp3) is 0.381. The van der Waals surface area contributed by atoms with Crippen molar-refractivity contribution in [3.63, 3.8) is 0 Å². The van der Waals surface area contributed by atoms with Crippen LogP contribution in [0.5, 0.6) is 5.88 Å². The van der Waals surface area contributed by atoms with Gasteiger partial charge in [-0.05, 0) is 31.7 Å². The van der Waals surface area contributed by atoms with E-state index < -0.39 is 5.82 Å². The smallest absolute Gasteiger partial charge is 0.228 e. The van der Waals surface area contributed by atoms with Crippen LogP contribution < -0.4 is 10.1 Å². The minimum atomic E-state index is -0.392. The maximum absolute atomic E-state index is 14.5. The lowest BCUT2D eigenvalue weighted by Gasteiger charge is -2.28. The number of aromatic amines is 1. The van der Waals surface area contributed by atoms with Crippen LogP contribution in [0.1, 0.15) is 25.7 Å². The molecule has 9 heteroatoms. The number of hydrogen-bond donors (Lipinski definition) is 2. The molecule has 30 heavy (non-hydrogen) atoms. The number of rotatable bonds is 5. The van der Waals surface area contributed by atoms with E-state index in [2.05, 4.69) is 25.3 Å². The van der Waals surface area contributed by atoms with Crippen LogP contribution in [-0.2, 0) is 4.74 Å². The Hall–Kier alpha value is -3.20. The molecule has 4 aromatic heterocycles. The maximum atomic E-state index is 14.5. The predicted molar refractivity (Wildman–Crippen MR) is 111 cm³/mol. The molecule has 2 N–H and O–H groups in total. The Bertz CT molecular complexity index is 1200. The molecule has 4 aromatic rings. The molecular formula is C21H23FN6O2. The summed E-state index contributed by atoms with van der Waals surface area (Å²) in [5.41, 5.74) is 2.38. The van der Waals surface area contributed by atoms with E-state index in [1.165, 1.54) is 6.07 Å². The summed E-state index contributed by atoms with van der Waals surface area (Å²) in [6.07, 6.45) is 11.3. The number of pyridine rings is 1. The Morgan fingerprint density at radius 1 is 1.20 bits per heavy atom. The third-order valence-corrected chi connectivity index (χ3v) is 5.79.